The van der Waals surface area contributed by atoms with Gasteiger partial charge in [-0.1, -0.05) is 6.07 Å². The minimum Gasteiger partial charge on any atom is -0.465 e. The van der Waals surface area contributed by atoms with E-state index in [1.807, 2.05) is 39.1 Å². The van der Waals surface area contributed by atoms with Gasteiger partial charge in [0.15, 0.2) is 0 Å². The number of fused-ring (bicyclic) bond motifs is 3. The molecule has 0 bridgehead atoms. The molecule has 1 aromatic carbocycles. The maximum atomic E-state index is 12.0. The summed E-state index contributed by atoms with van der Waals surface area (Å²) in [5.41, 5.74) is 0.712. The molecule has 1 amide bonds. The lowest BCUT2D eigenvalue weighted by atomic mass is 10.0. The molecule has 3 heterocycles. The Morgan fingerprint density at radius 1 is 1.11 bits per heavy atom. The maximum absolute atomic E-state index is 12.0. The number of hydrogen-bond acceptors (Lipinski definition) is 8. The van der Waals surface area contributed by atoms with E-state index >= 15 is 0 Å². The van der Waals surface area contributed by atoms with Crippen LogP contribution in [0.15, 0.2) is 36.7 Å². The van der Waals surface area contributed by atoms with Gasteiger partial charge in [-0.3, -0.25) is 4.98 Å². The average Bonchev–Trinajstić information content (AvgIpc) is 2.86. The fraction of sp³-hybridized carbons (Fsp3) is 0.481. The number of hydrogen-bond donors (Lipinski definition) is 1. The Morgan fingerprint density at radius 2 is 1.89 bits per heavy atom. The highest BCUT2D eigenvalue weighted by atomic mass is 16.6. The predicted octanol–water partition coefficient (Wildman–Crippen LogP) is 4.47. The monoisotopic (exact) mass is 494 g/mol. The molecule has 9 nitrogen and oxygen atoms in total. The fourth-order valence-electron chi connectivity index (χ4n) is 4.38. The molecule has 0 saturated carbocycles. The van der Waals surface area contributed by atoms with Crippen molar-refractivity contribution in [1.82, 2.24) is 15.3 Å². The maximum Gasteiger partial charge on any atom is 0.407 e. The lowest BCUT2D eigenvalue weighted by molar-refractivity contribution is 0.0336. The van der Waals surface area contributed by atoms with Crippen molar-refractivity contribution in [2.24, 2.45) is 0 Å². The number of nitrogens with zero attached hydrogens (tertiary/aromatic N) is 3. The third kappa shape index (κ3) is 6.20. The van der Waals surface area contributed by atoms with Crippen LogP contribution in [0.4, 0.5) is 10.6 Å². The van der Waals surface area contributed by atoms with E-state index < -0.39 is 11.7 Å². The van der Waals surface area contributed by atoms with Crippen LogP contribution in [-0.4, -0.2) is 67.1 Å². The first kappa shape index (κ1) is 25.6. The van der Waals surface area contributed by atoms with Crippen LogP contribution in [0.2, 0.25) is 0 Å². The molecule has 0 aliphatic carbocycles. The van der Waals surface area contributed by atoms with Gasteiger partial charge in [0, 0.05) is 54.8 Å². The van der Waals surface area contributed by atoms with Crippen LogP contribution in [0.25, 0.3) is 21.7 Å². The molecule has 0 radical (unpaired) electrons. The number of rotatable bonds is 7. The van der Waals surface area contributed by atoms with E-state index in [2.05, 4.69) is 15.2 Å². The number of esters is 1. The highest BCUT2D eigenvalue weighted by Crippen LogP contribution is 2.33. The summed E-state index contributed by atoms with van der Waals surface area (Å²) >= 11 is 0. The van der Waals surface area contributed by atoms with Crippen molar-refractivity contribution in [3.63, 3.8) is 0 Å². The zero-order valence-electron chi connectivity index (χ0n) is 21.4. The van der Waals surface area contributed by atoms with E-state index in [1.54, 1.807) is 18.3 Å². The highest BCUT2D eigenvalue weighted by molar-refractivity contribution is 6.11. The fourth-order valence-corrected chi connectivity index (χ4v) is 4.38. The predicted molar refractivity (Wildman–Crippen MR) is 138 cm³/mol. The van der Waals surface area contributed by atoms with Gasteiger partial charge in [0.1, 0.15) is 11.4 Å². The number of aromatic nitrogens is 2. The zero-order chi connectivity index (χ0) is 25.7. The number of carbonyl (C=O) groups is 2. The number of pyridine rings is 2. The van der Waals surface area contributed by atoms with Gasteiger partial charge in [-0.25, -0.2) is 14.6 Å². The zero-order valence-corrected chi connectivity index (χ0v) is 21.4. The molecule has 3 aromatic rings. The number of amides is 1. The molecule has 0 atom stereocenters. The van der Waals surface area contributed by atoms with Crippen LogP contribution < -0.4 is 10.2 Å². The molecule has 1 aliphatic rings. The van der Waals surface area contributed by atoms with Crippen molar-refractivity contribution < 1.29 is 23.8 Å². The molecule has 192 valence electrons. The summed E-state index contributed by atoms with van der Waals surface area (Å²) in [6.07, 6.45) is 5.89. The number of benzene rings is 1. The number of methoxy groups -OCH3 is 1. The minimum atomic E-state index is -0.500. The normalized spacial score (nSPS) is 14.7. The number of ether oxygens (including phenoxy) is 3. The van der Waals surface area contributed by atoms with E-state index in [0.29, 0.717) is 18.7 Å². The molecule has 0 spiro atoms. The van der Waals surface area contributed by atoms with E-state index in [9.17, 15) is 9.59 Å². The molecule has 1 aliphatic heterocycles. The lowest BCUT2D eigenvalue weighted by Gasteiger charge is -2.33. The second kappa shape index (κ2) is 11.1. The molecular formula is C27H34N4O5. The van der Waals surface area contributed by atoms with Crippen LogP contribution >= 0.6 is 0 Å². The van der Waals surface area contributed by atoms with Crippen molar-refractivity contribution in [1.29, 1.82) is 0 Å². The van der Waals surface area contributed by atoms with Gasteiger partial charge in [-0.05, 0) is 58.2 Å². The summed E-state index contributed by atoms with van der Waals surface area (Å²) in [4.78, 5) is 35.3. The van der Waals surface area contributed by atoms with E-state index in [0.717, 1.165) is 59.8 Å². The Labute approximate surface area is 211 Å². The average molecular weight is 495 g/mol. The van der Waals surface area contributed by atoms with Crippen molar-refractivity contribution >= 4 is 39.6 Å². The number of nitrogens with one attached hydrogen (secondary N) is 1. The largest absolute Gasteiger partial charge is 0.465 e. The van der Waals surface area contributed by atoms with Gasteiger partial charge in [0.25, 0.3) is 0 Å². The number of piperidine rings is 1. The van der Waals surface area contributed by atoms with Gasteiger partial charge < -0.3 is 24.4 Å². The Morgan fingerprint density at radius 3 is 2.61 bits per heavy atom. The van der Waals surface area contributed by atoms with Crippen LogP contribution in [0.3, 0.4) is 0 Å². The molecule has 1 saturated heterocycles. The van der Waals surface area contributed by atoms with Crippen LogP contribution in [0.1, 0.15) is 50.4 Å². The molecule has 2 aromatic heterocycles. The van der Waals surface area contributed by atoms with Crippen molar-refractivity contribution in [3.05, 3.63) is 42.2 Å². The van der Waals surface area contributed by atoms with Crippen LogP contribution in [0, 0.1) is 0 Å². The van der Waals surface area contributed by atoms with Crippen LogP contribution in [-0.2, 0) is 14.2 Å². The third-order valence-corrected chi connectivity index (χ3v) is 6.08. The molecule has 9 heteroatoms. The standard InChI is InChI=1S/C27H34N4O5/c1-27(2,3)36-26(33)29-11-5-15-35-19-9-13-31(14-10-19)24-21-8-12-28-17-22(21)20-7-6-18(25(32)34-4)16-23(20)30-24/h6-8,12,16-17,19H,5,9-11,13-15H2,1-4H3,(H,29,33). The summed E-state index contributed by atoms with van der Waals surface area (Å²) in [5.74, 6) is 0.507. The first-order chi connectivity index (χ1) is 17.2. The van der Waals surface area contributed by atoms with Gasteiger partial charge in [-0.15, -0.1) is 0 Å². The third-order valence-electron chi connectivity index (χ3n) is 6.08. The molecule has 1 fully saturated rings. The summed E-state index contributed by atoms with van der Waals surface area (Å²) < 4.78 is 16.2. The number of carbonyl (C=O) groups excluding carboxylic acids is 2. The quantitative estimate of drug-likeness (QED) is 0.292. The Balaban J connectivity index is 1.37. The molecule has 1 N–H and O–H groups in total. The van der Waals surface area contributed by atoms with E-state index in [1.165, 1.54) is 7.11 Å². The molecule has 36 heavy (non-hydrogen) atoms. The lowest BCUT2D eigenvalue weighted by Crippen LogP contribution is -2.38. The topological polar surface area (TPSA) is 103 Å². The first-order valence-corrected chi connectivity index (χ1v) is 12.3. The number of anilines is 1. The molecule has 4 rings (SSSR count). The first-order valence-electron chi connectivity index (χ1n) is 12.3. The van der Waals surface area contributed by atoms with Gasteiger partial charge in [-0.2, -0.15) is 0 Å². The summed E-state index contributed by atoms with van der Waals surface area (Å²) in [6, 6.07) is 7.43. The van der Waals surface area contributed by atoms with E-state index in [4.69, 9.17) is 19.2 Å². The minimum absolute atomic E-state index is 0.169. The molecular weight excluding hydrogens is 460 g/mol. The Bertz CT molecular complexity index is 1230. The summed E-state index contributed by atoms with van der Waals surface area (Å²) in [5, 5.41) is 5.75. The van der Waals surface area contributed by atoms with E-state index in [-0.39, 0.29) is 12.1 Å². The van der Waals surface area contributed by atoms with Gasteiger partial charge in [0.05, 0.1) is 24.3 Å². The van der Waals surface area contributed by atoms with Gasteiger partial charge >= 0.3 is 12.1 Å². The van der Waals surface area contributed by atoms with Crippen molar-refractivity contribution in [2.45, 2.75) is 51.7 Å². The second-order valence-electron chi connectivity index (χ2n) is 9.92. The Hall–Kier alpha value is -3.46. The summed E-state index contributed by atoms with van der Waals surface area (Å²) in [7, 11) is 1.37. The smallest absolute Gasteiger partial charge is 0.407 e. The second-order valence-corrected chi connectivity index (χ2v) is 9.92. The van der Waals surface area contributed by atoms with Crippen molar-refractivity contribution in [3.8, 4) is 0 Å². The highest BCUT2D eigenvalue weighted by Gasteiger charge is 2.23. The van der Waals surface area contributed by atoms with Crippen molar-refractivity contribution in [2.75, 3.05) is 38.3 Å². The number of alkyl carbamates (subject to hydrolysis) is 1. The summed E-state index contributed by atoms with van der Waals surface area (Å²) in [6.45, 7) is 8.25. The Kier molecular flexibility index (Phi) is 7.88. The van der Waals surface area contributed by atoms with Gasteiger partial charge in [0.2, 0.25) is 0 Å². The SMILES string of the molecule is COC(=O)c1ccc2c(c1)nc(N1CCC(OCCCNC(=O)OC(C)(C)C)CC1)c1ccncc12. The molecule has 0 unspecified atom stereocenters. The van der Waals surface area contributed by atoms with Crippen LogP contribution in [0.5, 0.6) is 0 Å².